The van der Waals surface area contributed by atoms with Gasteiger partial charge in [0.15, 0.2) is 0 Å². The highest BCUT2D eigenvalue weighted by molar-refractivity contribution is 7.88. The number of furan rings is 1. The Morgan fingerprint density at radius 2 is 2.14 bits per heavy atom. The first-order chi connectivity index (χ1) is 10.5. The summed E-state index contributed by atoms with van der Waals surface area (Å²) >= 11 is 5.83. The lowest BCUT2D eigenvalue weighted by Crippen LogP contribution is -2.31. The van der Waals surface area contributed by atoms with E-state index < -0.39 is 10.0 Å². The molecule has 0 atom stereocenters. The molecule has 0 unspecified atom stereocenters. The molecule has 0 saturated carbocycles. The van der Waals surface area contributed by atoms with Crippen LogP contribution in [-0.4, -0.2) is 19.3 Å². The second-order valence-corrected chi connectivity index (χ2v) is 7.13. The third-order valence-corrected chi connectivity index (χ3v) is 5.30. The molecule has 7 heteroatoms. The van der Waals surface area contributed by atoms with Crippen molar-refractivity contribution in [1.82, 2.24) is 4.31 Å². The molecule has 0 bridgehead atoms. The van der Waals surface area contributed by atoms with Gasteiger partial charge >= 0.3 is 0 Å². The maximum absolute atomic E-state index is 12.6. The van der Waals surface area contributed by atoms with Crippen molar-refractivity contribution in [2.24, 2.45) is 0 Å². The van der Waals surface area contributed by atoms with E-state index in [0.717, 1.165) is 5.56 Å². The van der Waals surface area contributed by atoms with Crippen LogP contribution < -0.4 is 0 Å². The molecule has 0 aliphatic heterocycles. The van der Waals surface area contributed by atoms with Gasteiger partial charge < -0.3 is 4.42 Å². The van der Waals surface area contributed by atoms with Crippen molar-refractivity contribution in [3.63, 3.8) is 0 Å². The minimum Gasteiger partial charge on any atom is -0.472 e. The number of hydrogen-bond acceptors (Lipinski definition) is 4. The first kappa shape index (κ1) is 16.6. The van der Waals surface area contributed by atoms with Gasteiger partial charge in [-0.05, 0) is 23.8 Å². The lowest BCUT2D eigenvalue weighted by Gasteiger charge is -2.20. The third kappa shape index (κ3) is 3.89. The van der Waals surface area contributed by atoms with E-state index in [2.05, 4.69) is 0 Å². The van der Waals surface area contributed by atoms with Crippen LogP contribution in [-0.2, 0) is 22.3 Å². The lowest BCUT2D eigenvalue weighted by molar-refractivity contribution is 0.420. The van der Waals surface area contributed by atoms with E-state index >= 15 is 0 Å². The zero-order chi connectivity index (χ0) is 16.2. The zero-order valence-electron chi connectivity index (χ0n) is 12.0. The summed E-state index contributed by atoms with van der Waals surface area (Å²) in [4.78, 5) is 0. The van der Waals surface area contributed by atoms with Crippen LogP contribution >= 0.6 is 11.6 Å². The minimum absolute atomic E-state index is 0.237. The molecule has 1 aromatic heterocycles. The van der Waals surface area contributed by atoms with Crippen molar-refractivity contribution in [3.8, 4) is 6.07 Å². The average molecular weight is 339 g/mol. The molecule has 0 saturated heterocycles. The van der Waals surface area contributed by atoms with E-state index in [1.54, 1.807) is 25.1 Å². The standard InChI is InChI=1S/C15H15ClN2O3S/c1-2-18(9-12-5-6-21-10-12)22(19,20)11-13-3-4-15(16)7-14(13)8-17/h3-7,10H,2,9,11H2,1H3. The number of nitrogens with zero attached hydrogens (tertiary/aromatic N) is 2. The molecule has 0 spiro atoms. The molecule has 0 fully saturated rings. The van der Waals surface area contributed by atoms with E-state index in [1.165, 1.54) is 22.9 Å². The van der Waals surface area contributed by atoms with Crippen molar-refractivity contribution >= 4 is 21.6 Å². The molecule has 1 heterocycles. The van der Waals surface area contributed by atoms with E-state index in [4.69, 9.17) is 21.3 Å². The fourth-order valence-electron chi connectivity index (χ4n) is 2.06. The van der Waals surface area contributed by atoms with Crippen molar-refractivity contribution in [2.45, 2.75) is 19.2 Å². The number of halogens is 1. The number of hydrogen-bond donors (Lipinski definition) is 0. The van der Waals surface area contributed by atoms with Gasteiger partial charge in [-0.3, -0.25) is 0 Å². The number of benzene rings is 1. The Kier molecular flexibility index (Phi) is 5.24. The summed E-state index contributed by atoms with van der Waals surface area (Å²) in [6.07, 6.45) is 3.02. The van der Waals surface area contributed by atoms with Gasteiger partial charge in [-0.2, -0.15) is 9.57 Å². The normalized spacial score (nSPS) is 11.5. The summed E-state index contributed by atoms with van der Waals surface area (Å²) in [5.74, 6) is -0.237. The van der Waals surface area contributed by atoms with Crippen LogP contribution in [0.2, 0.25) is 5.02 Å². The Bertz CT molecular complexity index is 780. The molecule has 0 amide bonds. The number of sulfonamides is 1. The summed E-state index contributed by atoms with van der Waals surface area (Å²) in [5.41, 5.74) is 1.50. The van der Waals surface area contributed by atoms with Gasteiger partial charge in [-0.1, -0.05) is 24.6 Å². The summed E-state index contributed by atoms with van der Waals surface area (Å²) in [6, 6.07) is 8.33. The third-order valence-electron chi connectivity index (χ3n) is 3.22. The molecule has 116 valence electrons. The van der Waals surface area contributed by atoms with Crippen LogP contribution in [0.4, 0.5) is 0 Å². The van der Waals surface area contributed by atoms with Crippen LogP contribution in [0.25, 0.3) is 0 Å². The Labute approximate surface area is 134 Å². The lowest BCUT2D eigenvalue weighted by atomic mass is 10.1. The summed E-state index contributed by atoms with van der Waals surface area (Å²) in [5, 5.41) is 9.52. The largest absolute Gasteiger partial charge is 0.472 e. The van der Waals surface area contributed by atoms with Gasteiger partial charge in [0.05, 0.1) is 29.9 Å². The summed E-state index contributed by atoms with van der Waals surface area (Å²) < 4.78 is 31.4. The van der Waals surface area contributed by atoms with Crippen LogP contribution in [0.5, 0.6) is 0 Å². The number of rotatable bonds is 6. The van der Waals surface area contributed by atoms with Gasteiger partial charge in [-0.25, -0.2) is 8.42 Å². The second kappa shape index (κ2) is 6.97. The van der Waals surface area contributed by atoms with E-state index in [1.807, 2.05) is 6.07 Å². The van der Waals surface area contributed by atoms with E-state index in [0.29, 0.717) is 17.1 Å². The van der Waals surface area contributed by atoms with Crippen molar-refractivity contribution in [2.75, 3.05) is 6.54 Å². The Morgan fingerprint density at radius 1 is 1.36 bits per heavy atom. The Morgan fingerprint density at radius 3 is 2.73 bits per heavy atom. The monoisotopic (exact) mass is 338 g/mol. The van der Waals surface area contributed by atoms with Crippen molar-refractivity contribution in [1.29, 1.82) is 5.26 Å². The maximum atomic E-state index is 12.6. The molecule has 0 aliphatic rings. The smallest absolute Gasteiger partial charge is 0.218 e. The second-order valence-electron chi connectivity index (χ2n) is 4.73. The molecular weight excluding hydrogens is 324 g/mol. The predicted molar refractivity (Wildman–Crippen MR) is 83.6 cm³/mol. The van der Waals surface area contributed by atoms with E-state index in [-0.39, 0.29) is 17.9 Å². The number of nitriles is 1. The average Bonchev–Trinajstić information content (AvgIpc) is 2.99. The van der Waals surface area contributed by atoms with Crippen LogP contribution in [0.15, 0.2) is 41.2 Å². The SMILES string of the molecule is CCN(Cc1ccoc1)S(=O)(=O)Cc1ccc(Cl)cc1C#N. The maximum Gasteiger partial charge on any atom is 0.218 e. The summed E-state index contributed by atoms with van der Waals surface area (Å²) in [6.45, 7) is 2.35. The van der Waals surface area contributed by atoms with Crippen LogP contribution in [0, 0.1) is 11.3 Å². The van der Waals surface area contributed by atoms with Gasteiger partial charge in [-0.15, -0.1) is 0 Å². The Hall–Kier alpha value is -1.81. The molecule has 0 aliphatic carbocycles. The van der Waals surface area contributed by atoms with Gasteiger partial charge in [0, 0.05) is 23.7 Å². The molecule has 0 radical (unpaired) electrons. The zero-order valence-corrected chi connectivity index (χ0v) is 13.6. The molecule has 2 aromatic rings. The van der Waals surface area contributed by atoms with Gasteiger partial charge in [0.1, 0.15) is 0 Å². The molecule has 2 rings (SSSR count). The van der Waals surface area contributed by atoms with Crippen LogP contribution in [0.1, 0.15) is 23.6 Å². The Balaban J connectivity index is 2.24. The molecule has 22 heavy (non-hydrogen) atoms. The highest BCUT2D eigenvalue weighted by Gasteiger charge is 2.23. The quantitative estimate of drug-likeness (QED) is 0.810. The minimum atomic E-state index is -3.55. The molecular formula is C15H15ClN2O3S. The van der Waals surface area contributed by atoms with E-state index in [9.17, 15) is 8.42 Å². The topological polar surface area (TPSA) is 74.3 Å². The highest BCUT2D eigenvalue weighted by atomic mass is 35.5. The fraction of sp³-hybridized carbons (Fsp3) is 0.267. The molecule has 5 nitrogen and oxygen atoms in total. The first-order valence-electron chi connectivity index (χ1n) is 6.63. The summed E-state index contributed by atoms with van der Waals surface area (Å²) in [7, 11) is -3.55. The predicted octanol–water partition coefficient (Wildman–Crippen LogP) is 3.16. The van der Waals surface area contributed by atoms with Crippen molar-refractivity contribution in [3.05, 3.63) is 58.5 Å². The van der Waals surface area contributed by atoms with Gasteiger partial charge in [0.25, 0.3) is 0 Å². The fourth-order valence-corrected chi connectivity index (χ4v) is 3.80. The van der Waals surface area contributed by atoms with Crippen molar-refractivity contribution < 1.29 is 12.8 Å². The highest BCUT2D eigenvalue weighted by Crippen LogP contribution is 2.20. The molecule has 0 N–H and O–H groups in total. The molecule has 1 aromatic carbocycles. The van der Waals surface area contributed by atoms with Crippen LogP contribution in [0.3, 0.4) is 0 Å². The first-order valence-corrected chi connectivity index (χ1v) is 8.62. The van der Waals surface area contributed by atoms with Gasteiger partial charge in [0.2, 0.25) is 10.0 Å².